The Morgan fingerprint density at radius 1 is 0.514 bits per heavy atom. The van der Waals surface area contributed by atoms with E-state index in [4.69, 9.17) is 9.47 Å². The van der Waals surface area contributed by atoms with Crippen LogP contribution in [-0.4, -0.2) is 36.4 Å². The molecule has 37 heavy (non-hydrogen) atoms. The van der Waals surface area contributed by atoms with Crippen LogP contribution < -0.4 is 0 Å². The van der Waals surface area contributed by atoms with E-state index in [1.54, 1.807) is 0 Å². The van der Waals surface area contributed by atoms with E-state index in [2.05, 4.69) is 13.8 Å². The fourth-order valence-corrected chi connectivity index (χ4v) is 4.67. The van der Waals surface area contributed by atoms with Crippen molar-refractivity contribution in [1.29, 1.82) is 0 Å². The van der Waals surface area contributed by atoms with Gasteiger partial charge >= 0.3 is 11.9 Å². The molecule has 1 N–H and O–H groups in total. The average Bonchev–Trinajstić information content (AvgIpc) is 2.90. The first kappa shape index (κ1) is 35.9. The number of ether oxygens (including phenoxy) is 2. The Balaban J connectivity index is 3.43. The third kappa shape index (κ3) is 27.7. The highest BCUT2D eigenvalue weighted by Gasteiger charge is 2.16. The van der Waals surface area contributed by atoms with Crippen LogP contribution in [0.15, 0.2) is 0 Å². The molecule has 220 valence electrons. The molecule has 0 aromatic carbocycles. The minimum Gasteiger partial charge on any atom is -0.462 e. The van der Waals surface area contributed by atoms with Crippen molar-refractivity contribution in [3.05, 3.63) is 0 Å². The maximum absolute atomic E-state index is 11.9. The standard InChI is InChI=1S/C32H62O5/c1-3-5-7-9-10-11-12-13-14-15-16-17-18-19-20-21-23-24-26-31(34)36-29-30(28-33)37-32(35)27-25-22-8-6-4-2/h30,33H,3-29H2,1-2H3/t30-/m0/s1. The second-order valence-electron chi connectivity index (χ2n) is 10.9. The van der Waals surface area contributed by atoms with Crippen LogP contribution in [0.3, 0.4) is 0 Å². The molecule has 0 aromatic heterocycles. The quantitative estimate of drug-likeness (QED) is 0.0776. The Kier molecular flexibility index (Phi) is 28.6. The molecule has 0 aliphatic carbocycles. The Morgan fingerprint density at radius 2 is 0.838 bits per heavy atom. The molecule has 0 unspecified atom stereocenters. The lowest BCUT2D eigenvalue weighted by molar-refractivity contribution is -0.161. The van der Waals surface area contributed by atoms with Gasteiger partial charge in [-0.1, -0.05) is 149 Å². The van der Waals surface area contributed by atoms with Gasteiger partial charge in [0.25, 0.3) is 0 Å². The number of aliphatic hydroxyl groups excluding tert-OH is 1. The lowest BCUT2D eigenvalue weighted by atomic mass is 10.0. The first-order valence-electron chi connectivity index (χ1n) is 16.1. The molecule has 5 heteroatoms. The highest BCUT2D eigenvalue weighted by molar-refractivity contribution is 5.70. The number of esters is 2. The zero-order chi connectivity index (χ0) is 27.2. The van der Waals surface area contributed by atoms with Crippen LogP contribution in [0.4, 0.5) is 0 Å². The predicted octanol–water partition coefficient (Wildman–Crippen LogP) is 9.23. The molecule has 0 spiro atoms. The van der Waals surface area contributed by atoms with Crippen molar-refractivity contribution in [2.24, 2.45) is 0 Å². The van der Waals surface area contributed by atoms with E-state index in [9.17, 15) is 14.7 Å². The summed E-state index contributed by atoms with van der Waals surface area (Å²) >= 11 is 0. The summed E-state index contributed by atoms with van der Waals surface area (Å²) in [5.41, 5.74) is 0. The minimum absolute atomic E-state index is 0.0596. The average molecular weight is 527 g/mol. The summed E-state index contributed by atoms with van der Waals surface area (Å²) in [6, 6.07) is 0. The van der Waals surface area contributed by atoms with E-state index in [0.717, 1.165) is 32.1 Å². The monoisotopic (exact) mass is 526 g/mol. The zero-order valence-corrected chi connectivity index (χ0v) is 24.7. The number of carbonyl (C=O) groups is 2. The number of aliphatic hydroxyl groups is 1. The molecule has 0 aliphatic heterocycles. The highest BCUT2D eigenvalue weighted by Crippen LogP contribution is 2.15. The van der Waals surface area contributed by atoms with Crippen molar-refractivity contribution < 1.29 is 24.2 Å². The van der Waals surface area contributed by atoms with Crippen LogP contribution in [0, 0.1) is 0 Å². The number of unbranched alkanes of at least 4 members (excludes halogenated alkanes) is 21. The highest BCUT2D eigenvalue weighted by atomic mass is 16.6. The fraction of sp³-hybridized carbons (Fsp3) is 0.938. The van der Waals surface area contributed by atoms with Crippen molar-refractivity contribution in [1.82, 2.24) is 0 Å². The van der Waals surface area contributed by atoms with Crippen molar-refractivity contribution in [2.45, 2.75) is 180 Å². The molecular weight excluding hydrogens is 464 g/mol. The fourth-order valence-electron chi connectivity index (χ4n) is 4.67. The van der Waals surface area contributed by atoms with Crippen molar-refractivity contribution in [2.75, 3.05) is 13.2 Å². The van der Waals surface area contributed by atoms with Crippen LogP contribution in [0.25, 0.3) is 0 Å². The van der Waals surface area contributed by atoms with Gasteiger partial charge in [-0.15, -0.1) is 0 Å². The molecule has 1 atom stereocenters. The van der Waals surface area contributed by atoms with Gasteiger partial charge in [0.2, 0.25) is 0 Å². The van der Waals surface area contributed by atoms with Gasteiger partial charge in [0.15, 0.2) is 6.10 Å². The molecule has 0 aliphatic rings. The second kappa shape index (κ2) is 29.5. The second-order valence-corrected chi connectivity index (χ2v) is 10.9. The Bertz CT molecular complexity index is 494. The third-order valence-electron chi connectivity index (χ3n) is 7.15. The Hall–Kier alpha value is -1.10. The molecule has 0 aromatic rings. The van der Waals surface area contributed by atoms with Gasteiger partial charge in [0.1, 0.15) is 6.61 Å². The van der Waals surface area contributed by atoms with Crippen LogP contribution in [-0.2, 0) is 19.1 Å². The third-order valence-corrected chi connectivity index (χ3v) is 7.15. The normalized spacial score (nSPS) is 12.0. The molecule has 0 heterocycles. The van der Waals surface area contributed by atoms with Crippen LogP contribution in [0.5, 0.6) is 0 Å². The zero-order valence-electron chi connectivity index (χ0n) is 24.7. The van der Waals surface area contributed by atoms with Crippen LogP contribution in [0.1, 0.15) is 174 Å². The summed E-state index contributed by atoms with van der Waals surface area (Å²) < 4.78 is 10.4. The molecule has 0 saturated heterocycles. The van der Waals surface area contributed by atoms with Gasteiger partial charge in [-0.05, 0) is 12.8 Å². The molecule has 0 saturated carbocycles. The SMILES string of the molecule is CCCCCCCCCCCCCCCCCCCCC(=O)OC[C@H](CO)OC(=O)CCCCCCC. The van der Waals surface area contributed by atoms with Gasteiger partial charge in [-0.3, -0.25) is 9.59 Å². The number of hydrogen-bond donors (Lipinski definition) is 1. The number of rotatable bonds is 29. The van der Waals surface area contributed by atoms with Crippen molar-refractivity contribution >= 4 is 11.9 Å². The smallest absolute Gasteiger partial charge is 0.306 e. The first-order valence-corrected chi connectivity index (χ1v) is 16.1. The van der Waals surface area contributed by atoms with Gasteiger partial charge in [-0.25, -0.2) is 0 Å². The first-order chi connectivity index (χ1) is 18.1. The summed E-state index contributed by atoms with van der Waals surface area (Å²) in [5, 5.41) is 9.40. The maximum Gasteiger partial charge on any atom is 0.306 e. The summed E-state index contributed by atoms with van der Waals surface area (Å²) in [7, 11) is 0. The summed E-state index contributed by atoms with van der Waals surface area (Å²) in [4.78, 5) is 23.8. The van der Waals surface area contributed by atoms with E-state index in [1.807, 2.05) is 0 Å². The summed E-state index contributed by atoms with van der Waals surface area (Å²) in [6.45, 7) is 4.05. The van der Waals surface area contributed by atoms with Crippen molar-refractivity contribution in [3.8, 4) is 0 Å². The Labute approximate surface area is 229 Å². The molecule has 0 amide bonds. The lowest BCUT2D eigenvalue weighted by Crippen LogP contribution is -2.28. The van der Waals surface area contributed by atoms with Crippen LogP contribution in [0.2, 0.25) is 0 Å². The molecular formula is C32H62O5. The largest absolute Gasteiger partial charge is 0.462 e. The topological polar surface area (TPSA) is 72.8 Å². The molecule has 0 radical (unpaired) electrons. The van der Waals surface area contributed by atoms with Crippen LogP contribution >= 0.6 is 0 Å². The van der Waals surface area contributed by atoms with Gasteiger partial charge in [0.05, 0.1) is 6.61 Å². The Morgan fingerprint density at radius 3 is 1.19 bits per heavy atom. The van der Waals surface area contributed by atoms with Gasteiger partial charge in [0, 0.05) is 12.8 Å². The number of hydrogen-bond acceptors (Lipinski definition) is 5. The van der Waals surface area contributed by atoms with E-state index in [-0.39, 0.29) is 25.2 Å². The van der Waals surface area contributed by atoms with Crippen molar-refractivity contribution in [3.63, 3.8) is 0 Å². The molecule has 5 nitrogen and oxygen atoms in total. The van der Waals surface area contributed by atoms with E-state index in [1.165, 1.54) is 116 Å². The minimum atomic E-state index is -0.757. The maximum atomic E-state index is 11.9. The summed E-state index contributed by atoms with van der Waals surface area (Å²) in [5.74, 6) is -0.597. The summed E-state index contributed by atoms with van der Waals surface area (Å²) in [6.07, 6.45) is 29.1. The lowest BCUT2D eigenvalue weighted by Gasteiger charge is -2.15. The predicted molar refractivity (Wildman–Crippen MR) is 155 cm³/mol. The van der Waals surface area contributed by atoms with Gasteiger partial charge < -0.3 is 14.6 Å². The number of carbonyl (C=O) groups excluding carboxylic acids is 2. The van der Waals surface area contributed by atoms with E-state index >= 15 is 0 Å². The van der Waals surface area contributed by atoms with Gasteiger partial charge in [-0.2, -0.15) is 0 Å². The van der Waals surface area contributed by atoms with E-state index < -0.39 is 6.10 Å². The van der Waals surface area contributed by atoms with E-state index in [0.29, 0.717) is 12.8 Å². The molecule has 0 bridgehead atoms. The molecule has 0 rings (SSSR count). The molecule has 0 fully saturated rings.